The second-order valence-corrected chi connectivity index (χ2v) is 7.28. The normalized spacial score (nSPS) is 19.8. The van der Waals surface area contributed by atoms with Crippen LogP contribution in [0.3, 0.4) is 0 Å². The number of ether oxygens (including phenoxy) is 2. The van der Waals surface area contributed by atoms with Crippen molar-refractivity contribution in [2.45, 2.75) is 71.6 Å². The zero-order valence-corrected chi connectivity index (χ0v) is 16.5. The number of rotatable bonds is 5. The zero-order chi connectivity index (χ0) is 19.0. The Labute approximate surface area is 150 Å². The standard InChI is InChI=1S/C13H25NO3.C4H7ClO2/c1-6-17-11(16)9-14-12(2,3)7-10(15)8-13(14,4)5;1-2-7-4(6)3-5/h10,15H,6-9H2,1-5H3;2-3H2,1H3. The van der Waals surface area contributed by atoms with Crippen molar-refractivity contribution in [3.8, 4) is 0 Å². The van der Waals surface area contributed by atoms with Crippen LogP contribution in [-0.4, -0.2) is 64.8 Å². The van der Waals surface area contributed by atoms with Crippen LogP contribution in [0.2, 0.25) is 0 Å². The van der Waals surface area contributed by atoms with Crippen LogP contribution in [0, 0.1) is 0 Å². The van der Waals surface area contributed by atoms with Gasteiger partial charge in [-0.3, -0.25) is 14.5 Å². The lowest BCUT2D eigenvalue weighted by atomic mass is 9.78. The van der Waals surface area contributed by atoms with Crippen LogP contribution < -0.4 is 0 Å². The highest BCUT2D eigenvalue weighted by molar-refractivity contribution is 6.26. The number of aliphatic hydroxyl groups is 1. The van der Waals surface area contributed by atoms with Gasteiger partial charge in [0, 0.05) is 11.1 Å². The molecule has 0 unspecified atom stereocenters. The first-order valence-corrected chi connectivity index (χ1v) is 8.86. The Morgan fingerprint density at radius 1 is 1.04 bits per heavy atom. The van der Waals surface area contributed by atoms with E-state index in [1.807, 2.05) is 6.92 Å². The van der Waals surface area contributed by atoms with Crippen LogP contribution in [0.1, 0.15) is 54.4 Å². The van der Waals surface area contributed by atoms with Gasteiger partial charge >= 0.3 is 11.9 Å². The molecule has 1 fully saturated rings. The summed E-state index contributed by atoms with van der Waals surface area (Å²) < 4.78 is 9.44. The van der Waals surface area contributed by atoms with Crippen LogP contribution in [-0.2, 0) is 19.1 Å². The van der Waals surface area contributed by atoms with E-state index in [0.29, 0.717) is 32.6 Å². The van der Waals surface area contributed by atoms with Crippen molar-refractivity contribution < 1.29 is 24.2 Å². The summed E-state index contributed by atoms with van der Waals surface area (Å²) in [4.78, 5) is 23.8. The monoisotopic (exact) mass is 365 g/mol. The molecular weight excluding hydrogens is 334 g/mol. The molecule has 0 atom stereocenters. The summed E-state index contributed by atoms with van der Waals surface area (Å²) in [5, 5.41) is 9.89. The topological polar surface area (TPSA) is 76.1 Å². The summed E-state index contributed by atoms with van der Waals surface area (Å²) in [6, 6.07) is 0. The van der Waals surface area contributed by atoms with Crippen LogP contribution in [0.15, 0.2) is 0 Å². The number of hydrogen-bond acceptors (Lipinski definition) is 6. The predicted octanol–water partition coefficient (Wildman–Crippen LogP) is 2.35. The van der Waals surface area contributed by atoms with Crippen molar-refractivity contribution in [1.29, 1.82) is 0 Å². The lowest BCUT2D eigenvalue weighted by Crippen LogP contribution is -2.63. The van der Waals surface area contributed by atoms with Crippen molar-refractivity contribution in [3.63, 3.8) is 0 Å². The first kappa shape index (κ1) is 23.1. The van der Waals surface area contributed by atoms with Gasteiger partial charge in [0.15, 0.2) is 0 Å². The number of piperidine rings is 1. The number of alkyl halides is 1. The van der Waals surface area contributed by atoms with Gasteiger partial charge in [-0.25, -0.2) is 0 Å². The molecule has 0 aromatic heterocycles. The van der Waals surface area contributed by atoms with E-state index in [0.717, 1.165) is 0 Å². The van der Waals surface area contributed by atoms with Gasteiger partial charge in [0.05, 0.1) is 25.9 Å². The Bertz CT molecular complexity index is 394. The minimum Gasteiger partial charge on any atom is -0.465 e. The molecule has 6 nitrogen and oxygen atoms in total. The van der Waals surface area contributed by atoms with Crippen molar-refractivity contribution in [1.82, 2.24) is 4.90 Å². The van der Waals surface area contributed by atoms with Crippen molar-refractivity contribution in [2.75, 3.05) is 25.6 Å². The van der Waals surface area contributed by atoms with E-state index in [-0.39, 0.29) is 35.0 Å². The zero-order valence-electron chi connectivity index (χ0n) is 15.7. The van der Waals surface area contributed by atoms with Crippen LogP contribution in [0.25, 0.3) is 0 Å². The second kappa shape index (κ2) is 10.2. The van der Waals surface area contributed by atoms with E-state index >= 15 is 0 Å². The summed E-state index contributed by atoms with van der Waals surface area (Å²) in [6.45, 7) is 12.9. The first-order valence-electron chi connectivity index (χ1n) is 8.33. The highest BCUT2D eigenvalue weighted by Gasteiger charge is 2.45. The van der Waals surface area contributed by atoms with Gasteiger partial charge in [-0.1, -0.05) is 0 Å². The average Bonchev–Trinajstić information content (AvgIpc) is 2.43. The van der Waals surface area contributed by atoms with Crippen LogP contribution >= 0.6 is 11.6 Å². The molecule has 0 aromatic rings. The second-order valence-electron chi connectivity index (χ2n) is 7.02. The summed E-state index contributed by atoms with van der Waals surface area (Å²) >= 11 is 5.06. The lowest BCUT2D eigenvalue weighted by Gasteiger charge is -2.53. The third-order valence-corrected chi connectivity index (χ3v) is 4.16. The average molecular weight is 366 g/mol. The Morgan fingerprint density at radius 2 is 1.46 bits per heavy atom. The van der Waals surface area contributed by atoms with E-state index in [4.69, 9.17) is 16.3 Å². The number of likely N-dealkylation sites (tertiary alicyclic amines) is 1. The fraction of sp³-hybridized carbons (Fsp3) is 0.882. The predicted molar refractivity (Wildman–Crippen MR) is 94.1 cm³/mol. The molecule has 0 aromatic carbocycles. The fourth-order valence-electron chi connectivity index (χ4n) is 3.23. The number of aliphatic hydroxyl groups excluding tert-OH is 1. The number of nitrogens with zero attached hydrogens (tertiary/aromatic N) is 1. The van der Waals surface area contributed by atoms with Gasteiger partial charge < -0.3 is 14.6 Å². The summed E-state index contributed by atoms with van der Waals surface area (Å²) in [6.07, 6.45) is 1.09. The molecule has 1 saturated heterocycles. The Morgan fingerprint density at radius 3 is 1.79 bits per heavy atom. The molecule has 142 valence electrons. The maximum atomic E-state index is 11.6. The molecule has 0 amide bonds. The molecule has 7 heteroatoms. The lowest BCUT2D eigenvalue weighted by molar-refractivity contribution is -0.153. The number of carbonyl (C=O) groups is 2. The Kier molecular flexibility index (Phi) is 9.85. The van der Waals surface area contributed by atoms with E-state index in [2.05, 4.69) is 37.3 Å². The van der Waals surface area contributed by atoms with E-state index in [1.54, 1.807) is 6.92 Å². The number of esters is 2. The molecule has 1 N–H and O–H groups in total. The van der Waals surface area contributed by atoms with Gasteiger partial charge in [-0.15, -0.1) is 11.6 Å². The number of carbonyl (C=O) groups excluding carboxylic acids is 2. The molecule has 24 heavy (non-hydrogen) atoms. The van der Waals surface area contributed by atoms with E-state index in [1.165, 1.54) is 0 Å². The fourth-order valence-corrected chi connectivity index (χ4v) is 3.31. The summed E-state index contributed by atoms with van der Waals surface area (Å²) in [5.74, 6) is -0.595. The third-order valence-electron chi connectivity index (χ3n) is 3.94. The van der Waals surface area contributed by atoms with Gasteiger partial charge in [0.1, 0.15) is 5.88 Å². The van der Waals surface area contributed by atoms with Crippen LogP contribution in [0.4, 0.5) is 0 Å². The third kappa shape index (κ3) is 7.81. The molecular formula is C17H32ClNO5. The molecule has 0 aliphatic carbocycles. The van der Waals surface area contributed by atoms with Gasteiger partial charge in [-0.05, 0) is 54.4 Å². The number of halogens is 1. The first-order chi connectivity index (χ1) is 11.0. The van der Waals surface area contributed by atoms with E-state index < -0.39 is 0 Å². The molecule has 1 heterocycles. The van der Waals surface area contributed by atoms with Gasteiger partial charge in [-0.2, -0.15) is 0 Å². The summed E-state index contributed by atoms with van der Waals surface area (Å²) in [7, 11) is 0. The highest BCUT2D eigenvalue weighted by atomic mass is 35.5. The molecule has 0 saturated carbocycles. The summed E-state index contributed by atoms with van der Waals surface area (Å²) in [5.41, 5.74) is -0.373. The maximum absolute atomic E-state index is 11.6. The minimum atomic E-state index is -0.357. The van der Waals surface area contributed by atoms with E-state index in [9.17, 15) is 14.7 Å². The van der Waals surface area contributed by atoms with Gasteiger partial charge in [0.2, 0.25) is 0 Å². The molecule has 0 bridgehead atoms. The SMILES string of the molecule is CCOC(=O)CCl.CCOC(=O)CN1C(C)(C)CC(O)CC1(C)C. The maximum Gasteiger partial charge on any atom is 0.320 e. The van der Waals surface area contributed by atoms with Crippen molar-refractivity contribution in [2.24, 2.45) is 0 Å². The smallest absolute Gasteiger partial charge is 0.320 e. The highest BCUT2D eigenvalue weighted by Crippen LogP contribution is 2.38. The minimum absolute atomic E-state index is 0.0478. The van der Waals surface area contributed by atoms with Gasteiger partial charge in [0.25, 0.3) is 0 Å². The Hall–Kier alpha value is -0.850. The van der Waals surface area contributed by atoms with Crippen molar-refractivity contribution in [3.05, 3.63) is 0 Å². The van der Waals surface area contributed by atoms with Crippen molar-refractivity contribution >= 4 is 23.5 Å². The quantitative estimate of drug-likeness (QED) is 0.595. The molecule has 1 aliphatic rings. The molecule has 0 radical (unpaired) electrons. The largest absolute Gasteiger partial charge is 0.465 e. The molecule has 1 rings (SSSR count). The molecule has 0 spiro atoms. The number of hydrogen-bond donors (Lipinski definition) is 1. The van der Waals surface area contributed by atoms with Crippen LogP contribution in [0.5, 0.6) is 0 Å². The molecule has 1 aliphatic heterocycles. The Balaban J connectivity index is 0.000000640.